The summed E-state index contributed by atoms with van der Waals surface area (Å²) in [5.74, 6) is 2.59. The van der Waals surface area contributed by atoms with Crippen LogP contribution < -0.4 is 0 Å². The number of aliphatic hydroxyl groups excluding tert-OH is 1. The molecule has 0 spiro atoms. The third-order valence-corrected chi connectivity index (χ3v) is 4.94. The minimum atomic E-state index is -4.36. The molecule has 1 aromatic carbocycles. The van der Waals surface area contributed by atoms with Crippen LogP contribution in [0, 0.1) is 5.92 Å². The summed E-state index contributed by atoms with van der Waals surface area (Å²) < 4.78 is 39.2. The Labute approximate surface area is 134 Å². The predicted molar refractivity (Wildman–Crippen MR) is 79.0 cm³/mol. The quantitative estimate of drug-likeness (QED) is 0.903. The molecule has 1 fully saturated rings. The van der Waals surface area contributed by atoms with Crippen molar-refractivity contribution in [2.45, 2.75) is 30.9 Å². The first kappa shape index (κ1) is 16.3. The molecule has 0 unspecified atom stereocenters. The van der Waals surface area contributed by atoms with Crippen molar-refractivity contribution in [3.05, 3.63) is 35.7 Å². The first-order valence-corrected chi connectivity index (χ1v) is 8.29. The molecule has 2 aromatic rings. The summed E-state index contributed by atoms with van der Waals surface area (Å²) in [6.07, 6.45) is -2.86. The Kier molecular flexibility index (Phi) is 4.58. The highest BCUT2D eigenvalue weighted by Gasteiger charge is 2.30. The molecule has 1 N–H and O–H groups in total. The molecule has 5 nitrogen and oxygen atoms in total. The molecular formula is C14H15F3N4OS. The second kappa shape index (κ2) is 6.48. The van der Waals surface area contributed by atoms with Crippen molar-refractivity contribution in [3.8, 4) is 5.69 Å². The molecule has 0 radical (unpaired) electrons. The SMILES string of the molecule is OC1CC(CSCc2nnnn2-c2ccc(C(F)(F)F)cc2)C1. The van der Waals surface area contributed by atoms with Gasteiger partial charge in [-0.05, 0) is 59.2 Å². The van der Waals surface area contributed by atoms with E-state index in [1.54, 1.807) is 11.8 Å². The van der Waals surface area contributed by atoms with Crippen molar-refractivity contribution in [2.75, 3.05) is 5.75 Å². The van der Waals surface area contributed by atoms with Crippen molar-refractivity contribution in [1.82, 2.24) is 20.2 Å². The molecule has 23 heavy (non-hydrogen) atoms. The highest BCUT2D eigenvalue weighted by molar-refractivity contribution is 7.98. The predicted octanol–water partition coefficient (Wildman–Crippen LogP) is 2.69. The van der Waals surface area contributed by atoms with E-state index in [2.05, 4.69) is 15.5 Å². The standard InChI is InChI=1S/C14H15F3N4OS/c15-14(16,17)10-1-3-11(4-2-10)21-13(18-19-20-21)8-23-7-9-5-12(22)6-9/h1-4,9,12,22H,5-8H2. The summed E-state index contributed by atoms with van der Waals surface area (Å²) in [7, 11) is 0. The molecule has 0 aliphatic heterocycles. The van der Waals surface area contributed by atoms with Gasteiger partial charge in [0.05, 0.1) is 23.1 Å². The Bertz CT molecular complexity index is 653. The van der Waals surface area contributed by atoms with Gasteiger partial charge in [-0.15, -0.1) is 5.10 Å². The maximum atomic E-state index is 12.6. The Morgan fingerprint density at radius 1 is 1.22 bits per heavy atom. The van der Waals surface area contributed by atoms with E-state index in [4.69, 9.17) is 0 Å². The van der Waals surface area contributed by atoms with Crippen molar-refractivity contribution >= 4 is 11.8 Å². The summed E-state index contributed by atoms with van der Waals surface area (Å²) >= 11 is 1.66. The summed E-state index contributed by atoms with van der Waals surface area (Å²) in [6.45, 7) is 0. The van der Waals surface area contributed by atoms with Gasteiger partial charge in [0.25, 0.3) is 0 Å². The Morgan fingerprint density at radius 3 is 2.52 bits per heavy atom. The molecule has 1 heterocycles. The molecule has 9 heteroatoms. The van der Waals surface area contributed by atoms with Crippen LogP contribution >= 0.6 is 11.8 Å². The van der Waals surface area contributed by atoms with Crippen LogP contribution in [0.15, 0.2) is 24.3 Å². The van der Waals surface area contributed by atoms with E-state index in [9.17, 15) is 18.3 Å². The maximum absolute atomic E-state index is 12.6. The van der Waals surface area contributed by atoms with Gasteiger partial charge in [-0.2, -0.15) is 29.6 Å². The number of hydrogen-bond donors (Lipinski definition) is 1. The zero-order chi connectivity index (χ0) is 16.4. The van der Waals surface area contributed by atoms with E-state index in [0.717, 1.165) is 30.7 Å². The summed E-state index contributed by atoms with van der Waals surface area (Å²) in [4.78, 5) is 0. The van der Waals surface area contributed by atoms with Gasteiger partial charge in [0.1, 0.15) is 0 Å². The van der Waals surface area contributed by atoms with Crippen LogP contribution in [0.4, 0.5) is 13.2 Å². The lowest BCUT2D eigenvalue weighted by Gasteiger charge is -2.30. The molecule has 124 valence electrons. The third kappa shape index (κ3) is 3.84. The maximum Gasteiger partial charge on any atom is 0.416 e. The normalized spacial score (nSPS) is 21.2. The lowest BCUT2D eigenvalue weighted by Crippen LogP contribution is -2.29. The van der Waals surface area contributed by atoms with Gasteiger partial charge in [0, 0.05) is 0 Å². The topological polar surface area (TPSA) is 63.8 Å². The van der Waals surface area contributed by atoms with Crippen LogP contribution in [0.25, 0.3) is 5.69 Å². The highest BCUT2D eigenvalue weighted by atomic mass is 32.2. The first-order valence-electron chi connectivity index (χ1n) is 7.14. The van der Waals surface area contributed by atoms with Gasteiger partial charge in [0.15, 0.2) is 5.82 Å². The molecule has 0 amide bonds. The van der Waals surface area contributed by atoms with Gasteiger partial charge in [0.2, 0.25) is 0 Å². The lowest BCUT2D eigenvalue weighted by molar-refractivity contribution is -0.137. The number of alkyl halides is 3. The highest BCUT2D eigenvalue weighted by Crippen LogP contribution is 2.32. The van der Waals surface area contributed by atoms with Crippen molar-refractivity contribution in [3.63, 3.8) is 0 Å². The van der Waals surface area contributed by atoms with Crippen LogP contribution in [0.3, 0.4) is 0 Å². The molecule has 0 atom stereocenters. The molecule has 0 saturated heterocycles. The summed E-state index contributed by atoms with van der Waals surface area (Å²) in [6, 6.07) is 4.75. The number of nitrogens with zero attached hydrogens (tertiary/aromatic N) is 4. The van der Waals surface area contributed by atoms with E-state index >= 15 is 0 Å². The summed E-state index contributed by atoms with van der Waals surface area (Å²) in [5.41, 5.74) is -0.202. The smallest absolute Gasteiger partial charge is 0.393 e. The molecular weight excluding hydrogens is 329 g/mol. The Balaban J connectivity index is 1.63. The van der Waals surface area contributed by atoms with Gasteiger partial charge in [-0.1, -0.05) is 0 Å². The van der Waals surface area contributed by atoms with Crippen molar-refractivity contribution in [2.24, 2.45) is 5.92 Å². The number of aliphatic hydroxyl groups is 1. The minimum absolute atomic E-state index is 0.168. The van der Waals surface area contributed by atoms with Crippen molar-refractivity contribution < 1.29 is 18.3 Å². The van der Waals surface area contributed by atoms with Crippen LogP contribution in [-0.4, -0.2) is 37.2 Å². The second-order valence-corrected chi connectivity index (χ2v) is 6.59. The fourth-order valence-electron chi connectivity index (χ4n) is 2.44. The average Bonchev–Trinajstić information content (AvgIpc) is 2.93. The van der Waals surface area contributed by atoms with Gasteiger partial charge >= 0.3 is 6.18 Å². The number of hydrogen-bond acceptors (Lipinski definition) is 5. The zero-order valence-corrected chi connectivity index (χ0v) is 12.9. The van der Waals surface area contributed by atoms with E-state index in [0.29, 0.717) is 23.2 Å². The third-order valence-electron chi connectivity index (χ3n) is 3.77. The minimum Gasteiger partial charge on any atom is -0.393 e. The fraction of sp³-hybridized carbons (Fsp3) is 0.500. The van der Waals surface area contributed by atoms with E-state index in [-0.39, 0.29) is 6.10 Å². The zero-order valence-electron chi connectivity index (χ0n) is 12.1. The van der Waals surface area contributed by atoms with Crippen LogP contribution in [0.2, 0.25) is 0 Å². The number of aromatic nitrogens is 4. The van der Waals surface area contributed by atoms with Gasteiger partial charge in [-0.3, -0.25) is 0 Å². The van der Waals surface area contributed by atoms with Gasteiger partial charge in [-0.25, -0.2) is 0 Å². The Morgan fingerprint density at radius 2 is 1.91 bits per heavy atom. The van der Waals surface area contributed by atoms with Crippen LogP contribution in [0.1, 0.15) is 24.2 Å². The number of halogens is 3. The van der Waals surface area contributed by atoms with Crippen LogP contribution in [0.5, 0.6) is 0 Å². The molecule has 1 aliphatic rings. The molecule has 1 aliphatic carbocycles. The molecule has 1 saturated carbocycles. The molecule has 1 aromatic heterocycles. The fourth-order valence-corrected chi connectivity index (χ4v) is 3.53. The number of tetrazole rings is 1. The van der Waals surface area contributed by atoms with E-state index in [1.807, 2.05) is 0 Å². The van der Waals surface area contributed by atoms with E-state index < -0.39 is 11.7 Å². The van der Waals surface area contributed by atoms with Crippen LogP contribution in [-0.2, 0) is 11.9 Å². The lowest BCUT2D eigenvalue weighted by atomic mass is 9.84. The monoisotopic (exact) mass is 344 g/mol. The largest absolute Gasteiger partial charge is 0.416 e. The average molecular weight is 344 g/mol. The number of rotatable bonds is 5. The molecule has 3 rings (SSSR count). The Hall–Kier alpha value is -1.61. The summed E-state index contributed by atoms with van der Waals surface area (Å²) in [5, 5.41) is 20.6. The first-order chi connectivity index (χ1) is 10.9. The van der Waals surface area contributed by atoms with E-state index in [1.165, 1.54) is 16.8 Å². The van der Waals surface area contributed by atoms with Gasteiger partial charge < -0.3 is 5.11 Å². The number of thioether (sulfide) groups is 1. The van der Waals surface area contributed by atoms with Crippen molar-refractivity contribution in [1.29, 1.82) is 0 Å². The molecule has 0 bridgehead atoms. The second-order valence-electron chi connectivity index (χ2n) is 5.56. The number of benzene rings is 1.